The predicted octanol–water partition coefficient (Wildman–Crippen LogP) is 2.46. The van der Waals surface area contributed by atoms with Crippen LogP contribution in [0.4, 0.5) is 0 Å². The molecule has 0 saturated heterocycles. The van der Waals surface area contributed by atoms with Gasteiger partial charge in [-0.15, -0.1) is 0 Å². The lowest BCUT2D eigenvalue weighted by Gasteiger charge is -2.31. The molecule has 1 N–H and O–H groups in total. The number of quaternary nitrogens is 1. The number of aliphatic hydroxyl groups is 1. The molecule has 0 fully saturated rings. The maximum Gasteiger partial charge on any atom is 0.104 e. The summed E-state index contributed by atoms with van der Waals surface area (Å²) in [5.74, 6) is 0. The van der Waals surface area contributed by atoms with Crippen molar-refractivity contribution in [3.8, 4) is 0 Å². The van der Waals surface area contributed by atoms with Gasteiger partial charge in [0.25, 0.3) is 0 Å². The van der Waals surface area contributed by atoms with Gasteiger partial charge in [-0.3, -0.25) is 0 Å². The molecular weight excluding hydrogens is 318 g/mol. The quantitative estimate of drug-likeness (QED) is 0.451. The van der Waals surface area contributed by atoms with Crippen LogP contribution in [0.5, 0.6) is 0 Å². The number of unbranched alkanes of at least 4 members (excludes halogenated alkanes) is 7. The molecule has 0 heterocycles. The van der Waals surface area contributed by atoms with Gasteiger partial charge in [-0.1, -0.05) is 69.7 Å². The molecule has 24 heavy (non-hydrogen) atoms. The Kier molecular flexibility index (Phi) is 12.4. The fourth-order valence-corrected chi connectivity index (χ4v) is 3.30. The van der Waals surface area contributed by atoms with E-state index in [1.807, 2.05) is 13.0 Å². The molecule has 0 amide bonds. The highest BCUT2D eigenvalue weighted by Crippen LogP contribution is 2.21. The summed E-state index contributed by atoms with van der Waals surface area (Å²) in [5.41, 5.74) is 2.36. The van der Waals surface area contributed by atoms with Gasteiger partial charge in [-0.2, -0.15) is 0 Å². The molecule has 0 bridgehead atoms. The zero-order valence-corrected chi connectivity index (χ0v) is 17.0. The molecule has 0 aliphatic rings. The van der Waals surface area contributed by atoms with Crippen LogP contribution in [0.15, 0.2) is 24.3 Å². The van der Waals surface area contributed by atoms with Gasteiger partial charge in [-0.25, -0.2) is 0 Å². The first kappa shape index (κ1) is 23.4. The molecular formula is C21H38ClNO. The normalized spacial score (nSPS) is 12.7. The van der Waals surface area contributed by atoms with Crippen molar-refractivity contribution in [3.63, 3.8) is 0 Å². The first-order chi connectivity index (χ1) is 11.0. The van der Waals surface area contributed by atoms with Crippen LogP contribution in [-0.4, -0.2) is 30.2 Å². The third-order valence-electron chi connectivity index (χ3n) is 4.72. The third-order valence-corrected chi connectivity index (χ3v) is 4.72. The topological polar surface area (TPSA) is 20.2 Å². The monoisotopic (exact) mass is 355 g/mol. The highest BCUT2D eigenvalue weighted by Gasteiger charge is 2.18. The van der Waals surface area contributed by atoms with E-state index in [-0.39, 0.29) is 18.5 Å². The number of hydrogen-bond acceptors (Lipinski definition) is 1. The van der Waals surface area contributed by atoms with Gasteiger partial charge in [-0.05, 0) is 25.3 Å². The van der Waals surface area contributed by atoms with Gasteiger partial charge in [0.15, 0.2) is 0 Å². The molecule has 3 heteroatoms. The van der Waals surface area contributed by atoms with Crippen LogP contribution < -0.4 is 12.4 Å². The lowest BCUT2D eigenvalue weighted by atomic mass is 10.0. The van der Waals surface area contributed by atoms with Crippen molar-refractivity contribution >= 4 is 0 Å². The molecule has 0 radical (unpaired) electrons. The number of rotatable bonds is 12. The van der Waals surface area contributed by atoms with E-state index >= 15 is 0 Å². The summed E-state index contributed by atoms with van der Waals surface area (Å²) in [6, 6.07) is 8.31. The van der Waals surface area contributed by atoms with Crippen molar-refractivity contribution in [2.75, 3.05) is 20.6 Å². The summed E-state index contributed by atoms with van der Waals surface area (Å²) in [5, 5.41) is 9.93. The predicted molar refractivity (Wildman–Crippen MR) is 100 cm³/mol. The number of aliphatic hydroxyl groups excluding tert-OH is 1. The fraction of sp³-hybridized carbons (Fsp3) is 0.714. The molecule has 2 nitrogen and oxygen atoms in total. The van der Waals surface area contributed by atoms with E-state index in [2.05, 4.69) is 39.2 Å². The van der Waals surface area contributed by atoms with Crippen molar-refractivity contribution in [3.05, 3.63) is 35.4 Å². The Morgan fingerprint density at radius 1 is 0.917 bits per heavy atom. The molecule has 140 valence electrons. The van der Waals surface area contributed by atoms with Gasteiger partial charge < -0.3 is 22.0 Å². The van der Waals surface area contributed by atoms with Crippen LogP contribution in [0.3, 0.4) is 0 Å². The molecule has 1 aromatic carbocycles. The van der Waals surface area contributed by atoms with Crippen molar-refractivity contribution in [1.82, 2.24) is 0 Å². The minimum atomic E-state index is -0.380. The summed E-state index contributed by atoms with van der Waals surface area (Å²) < 4.78 is 1.000. The highest BCUT2D eigenvalue weighted by molar-refractivity contribution is 5.28. The second-order valence-electron chi connectivity index (χ2n) is 7.67. The van der Waals surface area contributed by atoms with Gasteiger partial charge in [0.1, 0.15) is 6.54 Å². The number of halogens is 1. The van der Waals surface area contributed by atoms with Crippen molar-refractivity contribution in [1.29, 1.82) is 0 Å². The average molecular weight is 356 g/mol. The standard InChI is InChI=1S/C21H38NO.ClH/c1-5-6-7-8-9-10-11-14-17-22(3,4)18-20-15-12-13-16-21(20)19(2)23;/h12-13,15-16,19,23H,5-11,14,17-18H2,1-4H3;1H/q+1;/p-1. The minimum absolute atomic E-state index is 0. The van der Waals surface area contributed by atoms with Crippen LogP contribution in [0.25, 0.3) is 0 Å². The zero-order valence-electron chi connectivity index (χ0n) is 16.2. The van der Waals surface area contributed by atoms with Gasteiger partial charge in [0.05, 0.1) is 26.7 Å². The second-order valence-corrected chi connectivity index (χ2v) is 7.67. The molecule has 0 aliphatic carbocycles. The maximum atomic E-state index is 9.93. The minimum Gasteiger partial charge on any atom is -1.00 e. The van der Waals surface area contributed by atoms with Crippen LogP contribution in [0.2, 0.25) is 0 Å². The summed E-state index contributed by atoms with van der Waals surface area (Å²) in [6.45, 7) is 6.34. The van der Waals surface area contributed by atoms with Crippen LogP contribution >= 0.6 is 0 Å². The summed E-state index contributed by atoms with van der Waals surface area (Å²) in [4.78, 5) is 0. The van der Waals surface area contributed by atoms with E-state index in [1.54, 1.807) is 0 Å². The van der Waals surface area contributed by atoms with E-state index in [9.17, 15) is 5.11 Å². The lowest BCUT2D eigenvalue weighted by molar-refractivity contribution is -0.903. The van der Waals surface area contributed by atoms with Crippen LogP contribution in [0.1, 0.15) is 82.4 Å². The van der Waals surface area contributed by atoms with Crippen molar-refractivity contribution in [2.24, 2.45) is 0 Å². The molecule has 0 aliphatic heterocycles. The molecule has 0 aromatic heterocycles. The fourth-order valence-electron chi connectivity index (χ4n) is 3.30. The number of benzene rings is 1. The Balaban J connectivity index is 0.00000529. The first-order valence-electron chi connectivity index (χ1n) is 9.54. The second kappa shape index (κ2) is 12.7. The largest absolute Gasteiger partial charge is 1.00 e. The molecule has 1 unspecified atom stereocenters. The van der Waals surface area contributed by atoms with E-state index in [0.717, 1.165) is 16.6 Å². The maximum absolute atomic E-state index is 9.93. The highest BCUT2D eigenvalue weighted by atomic mass is 35.5. The van der Waals surface area contributed by atoms with Crippen molar-refractivity contribution < 1.29 is 22.0 Å². The van der Waals surface area contributed by atoms with E-state index in [0.29, 0.717) is 0 Å². The SMILES string of the molecule is CCCCCCCCCC[N+](C)(C)Cc1ccccc1C(C)O.[Cl-]. The Morgan fingerprint density at radius 3 is 2.04 bits per heavy atom. The summed E-state index contributed by atoms with van der Waals surface area (Å²) >= 11 is 0. The third kappa shape index (κ3) is 9.66. The van der Waals surface area contributed by atoms with E-state index in [1.165, 1.54) is 63.5 Å². The molecule has 1 aromatic rings. The number of hydrogen-bond donors (Lipinski definition) is 1. The van der Waals surface area contributed by atoms with E-state index < -0.39 is 0 Å². The average Bonchev–Trinajstić information content (AvgIpc) is 2.50. The first-order valence-corrected chi connectivity index (χ1v) is 9.54. The Labute approximate surface area is 156 Å². The Morgan fingerprint density at radius 2 is 1.46 bits per heavy atom. The van der Waals surface area contributed by atoms with Gasteiger partial charge >= 0.3 is 0 Å². The molecule has 0 spiro atoms. The molecule has 1 rings (SSSR count). The number of nitrogens with zero attached hydrogens (tertiary/aromatic N) is 1. The smallest absolute Gasteiger partial charge is 0.104 e. The van der Waals surface area contributed by atoms with Crippen LogP contribution in [0, 0.1) is 0 Å². The van der Waals surface area contributed by atoms with Gasteiger partial charge in [0.2, 0.25) is 0 Å². The van der Waals surface area contributed by atoms with E-state index in [4.69, 9.17) is 0 Å². The zero-order chi connectivity index (χ0) is 17.1. The Hall–Kier alpha value is -0.570. The Bertz CT molecular complexity index is 432. The molecule has 0 saturated carbocycles. The van der Waals surface area contributed by atoms with Crippen LogP contribution in [-0.2, 0) is 6.54 Å². The van der Waals surface area contributed by atoms with Gasteiger partial charge in [0, 0.05) is 5.56 Å². The summed E-state index contributed by atoms with van der Waals surface area (Å²) in [6.07, 6.45) is 10.6. The molecule has 1 atom stereocenters. The lowest BCUT2D eigenvalue weighted by Crippen LogP contribution is -3.00. The summed E-state index contributed by atoms with van der Waals surface area (Å²) in [7, 11) is 4.61. The van der Waals surface area contributed by atoms with Crippen molar-refractivity contribution in [2.45, 2.75) is 77.9 Å².